The number of benzene rings is 3. The molecule has 0 bridgehead atoms. The van der Waals surface area contributed by atoms with E-state index in [1.54, 1.807) is 6.07 Å². The summed E-state index contributed by atoms with van der Waals surface area (Å²) in [5, 5.41) is 9.89. The lowest BCUT2D eigenvalue weighted by atomic mass is 9.83. The van der Waals surface area contributed by atoms with Crippen molar-refractivity contribution >= 4 is 15.9 Å². The highest BCUT2D eigenvalue weighted by Gasteiger charge is 2.33. The van der Waals surface area contributed by atoms with Crippen molar-refractivity contribution in [2.75, 3.05) is 13.4 Å². The van der Waals surface area contributed by atoms with E-state index in [0.717, 1.165) is 21.2 Å². The summed E-state index contributed by atoms with van der Waals surface area (Å²) < 4.78 is 29.7. The first-order valence-electron chi connectivity index (χ1n) is 10.7. The van der Waals surface area contributed by atoms with Gasteiger partial charge in [0, 0.05) is 16.1 Å². The quantitative estimate of drug-likeness (QED) is 0.466. The molecule has 2 N–H and O–H groups in total. The van der Waals surface area contributed by atoms with E-state index in [0.29, 0.717) is 47.5 Å². The number of nitriles is 1. The van der Waals surface area contributed by atoms with Gasteiger partial charge in [-0.3, -0.25) is 0 Å². The Hall–Kier alpha value is -3.83. The maximum atomic E-state index is 9.89. The summed E-state index contributed by atoms with van der Waals surface area (Å²) in [4.78, 5) is 0. The third-order valence-electron chi connectivity index (χ3n) is 5.62. The first-order chi connectivity index (χ1) is 16.6. The molecule has 0 aliphatic carbocycles. The van der Waals surface area contributed by atoms with Crippen LogP contribution in [0.5, 0.6) is 28.7 Å². The summed E-state index contributed by atoms with van der Waals surface area (Å²) in [5.74, 6) is 2.51. The molecule has 34 heavy (non-hydrogen) atoms. The van der Waals surface area contributed by atoms with Gasteiger partial charge in [-0.15, -0.1) is 0 Å². The first kappa shape index (κ1) is 22.0. The number of fused-ring (bicyclic) bond motifs is 2. The van der Waals surface area contributed by atoms with Crippen LogP contribution in [0.1, 0.15) is 29.5 Å². The van der Waals surface area contributed by atoms with E-state index in [2.05, 4.69) is 22.0 Å². The number of ether oxygens (including phenoxy) is 5. The minimum absolute atomic E-state index is 0.0624. The highest BCUT2D eigenvalue weighted by molar-refractivity contribution is 9.10. The Morgan fingerprint density at radius 1 is 1.00 bits per heavy atom. The summed E-state index contributed by atoms with van der Waals surface area (Å²) in [5.41, 5.74) is 9.07. The van der Waals surface area contributed by atoms with E-state index in [9.17, 15) is 5.26 Å². The second-order valence-electron chi connectivity index (χ2n) is 7.72. The summed E-state index contributed by atoms with van der Waals surface area (Å²) in [7, 11) is 0. The van der Waals surface area contributed by atoms with Gasteiger partial charge in [0.1, 0.15) is 24.0 Å². The summed E-state index contributed by atoms with van der Waals surface area (Å²) in [6.07, 6.45) is 0. The standard InChI is InChI=1S/C26H21BrN2O5/c1-2-30-22-9-16(5-8-20(22)31-13-15-3-6-17(27)7-4-15)25-18-10-23-24(33-14-32-23)11-21(18)34-26(29)19(25)12-28/h3-11,25H,2,13-14,29H2,1H3/t25-/m1/s1. The Balaban J connectivity index is 1.52. The third-order valence-corrected chi connectivity index (χ3v) is 6.15. The minimum Gasteiger partial charge on any atom is -0.490 e. The zero-order valence-electron chi connectivity index (χ0n) is 18.3. The molecule has 0 saturated carbocycles. The second-order valence-corrected chi connectivity index (χ2v) is 8.64. The number of halogens is 1. The van der Waals surface area contributed by atoms with Crippen molar-refractivity contribution in [2.45, 2.75) is 19.4 Å². The van der Waals surface area contributed by atoms with Gasteiger partial charge in [-0.25, -0.2) is 0 Å². The van der Waals surface area contributed by atoms with Crippen LogP contribution >= 0.6 is 15.9 Å². The molecule has 0 saturated heterocycles. The van der Waals surface area contributed by atoms with Crippen LogP contribution in [-0.2, 0) is 6.61 Å². The van der Waals surface area contributed by atoms with Crippen LogP contribution in [0.15, 0.2) is 70.5 Å². The molecule has 0 unspecified atom stereocenters. The lowest BCUT2D eigenvalue weighted by molar-refractivity contribution is 0.174. The van der Waals surface area contributed by atoms with Gasteiger partial charge in [-0.05, 0) is 48.4 Å². The Bertz CT molecular complexity index is 1310. The molecule has 2 aliphatic heterocycles. The van der Waals surface area contributed by atoms with Crippen LogP contribution in [0.3, 0.4) is 0 Å². The number of nitrogens with zero attached hydrogens (tertiary/aromatic N) is 1. The number of hydrogen-bond acceptors (Lipinski definition) is 7. The van der Waals surface area contributed by atoms with Crippen LogP contribution in [0, 0.1) is 11.3 Å². The topological polar surface area (TPSA) is 96.0 Å². The molecule has 2 aliphatic rings. The zero-order valence-corrected chi connectivity index (χ0v) is 19.9. The average Bonchev–Trinajstić information content (AvgIpc) is 3.29. The Morgan fingerprint density at radius 3 is 2.50 bits per heavy atom. The van der Waals surface area contributed by atoms with E-state index >= 15 is 0 Å². The van der Waals surface area contributed by atoms with Gasteiger partial charge in [-0.2, -0.15) is 5.26 Å². The smallest absolute Gasteiger partial charge is 0.231 e. The Labute approximate surface area is 205 Å². The van der Waals surface area contributed by atoms with Crippen LogP contribution in [0.4, 0.5) is 0 Å². The fourth-order valence-corrected chi connectivity index (χ4v) is 4.29. The predicted octanol–water partition coefficient (Wildman–Crippen LogP) is 5.37. The molecular weight excluding hydrogens is 500 g/mol. The normalized spacial score (nSPS) is 15.9. The second kappa shape index (κ2) is 9.20. The van der Waals surface area contributed by atoms with Crippen LogP contribution in [0.25, 0.3) is 0 Å². The molecule has 0 amide bonds. The number of rotatable bonds is 6. The molecule has 0 aromatic heterocycles. The number of allylic oxidation sites excluding steroid dienone is 1. The van der Waals surface area contributed by atoms with Gasteiger partial charge in [0.25, 0.3) is 0 Å². The molecule has 7 nitrogen and oxygen atoms in total. The maximum absolute atomic E-state index is 9.89. The van der Waals surface area contributed by atoms with Crippen LogP contribution in [0.2, 0.25) is 0 Å². The van der Waals surface area contributed by atoms with Crippen molar-refractivity contribution in [1.29, 1.82) is 5.26 Å². The first-order valence-corrected chi connectivity index (χ1v) is 11.5. The van der Waals surface area contributed by atoms with Crippen LogP contribution in [-0.4, -0.2) is 13.4 Å². The monoisotopic (exact) mass is 520 g/mol. The van der Waals surface area contributed by atoms with Crippen molar-refractivity contribution in [3.05, 3.63) is 87.2 Å². The van der Waals surface area contributed by atoms with Crippen molar-refractivity contribution < 1.29 is 23.7 Å². The average molecular weight is 521 g/mol. The molecule has 3 aromatic carbocycles. The molecule has 0 radical (unpaired) electrons. The van der Waals surface area contributed by atoms with Crippen molar-refractivity contribution in [1.82, 2.24) is 0 Å². The van der Waals surface area contributed by atoms with E-state index in [4.69, 9.17) is 29.4 Å². The summed E-state index contributed by atoms with van der Waals surface area (Å²) >= 11 is 3.44. The van der Waals surface area contributed by atoms with Gasteiger partial charge in [0.15, 0.2) is 23.0 Å². The largest absolute Gasteiger partial charge is 0.490 e. The van der Waals surface area contributed by atoms with Gasteiger partial charge >= 0.3 is 0 Å². The fraction of sp³-hybridized carbons (Fsp3) is 0.192. The SMILES string of the molecule is CCOc1cc([C@H]2C(C#N)=C(N)Oc3cc4c(cc32)OCO4)ccc1OCc1ccc(Br)cc1. The van der Waals surface area contributed by atoms with Gasteiger partial charge in [0.05, 0.1) is 12.5 Å². The molecule has 3 aromatic rings. The van der Waals surface area contributed by atoms with E-state index in [1.807, 2.05) is 55.5 Å². The molecule has 8 heteroatoms. The van der Waals surface area contributed by atoms with E-state index < -0.39 is 5.92 Å². The molecular formula is C26H21BrN2O5. The van der Waals surface area contributed by atoms with Gasteiger partial charge in [-0.1, -0.05) is 34.1 Å². The molecule has 0 fully saturated rings. The Morgan fingerprint density at radius 2 is 1.76 bits per heavy atom. The predicted molar refractivity (Wildman–Crippen MR) is 128 cm³/mol. The highest BCUT2D eigenvalue weighted by Crippen LogP contribution is 2.48. The zero-order chi connectivity index (χ0) is 23.7. The van der Waals surface area contributed by atoms with Gasteiger partial charge < -0.3 is 29.4 Å². The molecule has 5 rings (SSSR count). The lowest BCUT2D eigenvalue weighted by Crippen LogP contribution is -2.21. The third kappa shape index (κ3) is 4.11. The van der Waals surface area contributed by atoms with Gasteiger partial charge in [0.2, 0.25) is 12.7 Å². The van der Waals surface area contributed by atoms with Crippen molar-refractivity contribution in [3.63, 3.8) is 0 Å². The highest BCUT2D eigenvalue weighted by atomic mass is 79.9. The molecule has 1 atom stereocenters. The molecule has 0 spiro atoms. The summed E-state index contributed by atoms with van der Waals surface area (Å²) in [6.45, 7) is 2.90. The van der Waals surface area contributed by atoms with Crippen molar-refractivity contribution in [3.8, 4) is 34.8 Å². The minimum atomic E-state index is -0.456. The lowest BCUT2D eigenvalue weighted by Gasteiger charge is -2.27. The van der Waals surface area contributed by atoms with E-state index in [1.165, 1.54) is 0 Å². The van der Waals surface area contributed by atoms with Crippen molar-refractivity contribution in [2.24, 2.45) is 5.73 Å². The maximum Gasteiger partial charge on any atom is 0.231 e. The number of nitrogens with two attached hydrogens (primary N) is 1. The summed E-state index contributed by atoms with van der Waals surface area (Å²) in [6, 6.07) is 19.4. The number of hydrogen-bond donors (Lipinski definition) is 1. The fourth-order valence-electron chi connectivity index (χ4n) is 4.02. The molecule has 172 valence electrons. The Kier molecular flexibility index (Phi) is 5.95. The molecule has 2 heterocycles. The van der Waals surface area contributed by atoms with E-state index in [-0.39, 0.29) is 12.7 Å². The van der Waals surface area contributed by atoms with Crippen LogP contribution < -0.4 is 29.4 Å².